The van der Waals surface area contributed by atoms with Crippen LogP contribution in [0.1, 0.15) is 0 Å². The van der Waals surface area contributed by atoms with Gasteiger partial charge in [-0.25, -0.2) is 8.42 Å². The van der Waals surface area contributed by atoms with Crippen LogP contribution < -0.4 is 9.04 Å². The molecule has 4 nitrogen and oxygen atoms in total. The van der Waals surface area contributed by atoms with Crippen molar-refractivity contribution in [3.63, 3.8) is 0 Å². The predicted molar refractivity (Wildman–Crippen MR) is 75.8 cm³/mol. The molecule has 0 aliphatic carbocycles. The number of thiophene rings is 1. The number of sulfonamides is 1. The molecular weight excluding hydrogens is 306 g/mol. The standard InChI is InChI=1S/C12H10ClNO3S2/c13-9-3-4-11-10(8-9)14(5-6-17-11)19(15,16)12-2-1-7-18-12/h1-4,7-8H,5-6H2. The molecule has 100 valence electrons. The monoisotopic (exact) mass is 315 g/mol. The number of hydrogen-bond donors (Lipinski definition) is 0. The Morgan fingerprint density at radius 2 is 2.16 bits per heavy atom. The Kier molecular flexibility index (Phi) is 3.16. The Labute approximate surface area is 120 Å². The lowest BCUT2D eigenvalue weighted by Gasteiger charge is -2.30. The summed E-state index contributed by atoms with van der Waals surface area (Å²) in [5.74, 6) is 0.538. The maximum Gasteiger partial charge on any atom is 0.274 e. The topological polar surface area (TPSA) is 46.6 Å². The first-order valence-electron chi connectivity index (χ1n) is 5.57. The van der Waals surface area contributed by atoms with E-state index in [1.165, 1.54) is 15.6 Å². The maximum atomic E-state index is 12.6. The highest BCUT2D eigenvalue weighted by molar-refractivity contribution is 7.94. The highest BCUT2D eigenvalue weighted by Gasteiger charge is 2.30. The van der Waals surface area contributed by atoms with Gasteiger partial charge in [0.25, 0.3) is 10.0 Å². The number of fused-ring (bicyclic) bond motifs is 1. The average molecular weight is 316 g/mol. The van der Waals surface area contributed by atoms with E-state index >= 15 is 0 Å². The van der Waals surface area contributed by atoms with E-state index < -0.39 is 10.0 Å². The lowest BCUT2D eigenvalue weighted by molar-refractivity contribution is 0.316. The van der Waals surface area contributed by atoms with Crippen molar-refractivity contribution in [2.75, 3.05) is 17.5 Å². The van der Waals surface area contributed by atoms with E-state index in [4.69, 9.17) is 16.3 Å². The van der Waals surface area contributed by atoms with Crippen LogP contribution in [0, 0.1) is 0 Å². The van der Waals surface area contributed by atoms with Gasteiger partial charge in [-0.2, -0.15) is 0 Å². The van der Waals surface area contributed by atoms with Crippen molar-refractivity contribution in [3.8, 4) is 5.75 Å². The second-order valence-electron chi connectivity index (χ2n) is 3.97. The molecule has 7 heteroatoms. The molecule has 2 heterocycles. The zero-order valence-corrected chi connectivity index (χ0v) is 12.1. The predicted octanol–water partition coefficient (Wildman–Crippen LogP) is 2.99. The molecule has 1 aliphatic heterocycles. The number of rotatable bonds is 2. The molecule has 3 rings (SSSR count). The zero-order chi connectivity index (χ0) is 13.5. The van der Waals surface area contributed by atoms with E-state index in [1.54, 1.807) is 35.7 Å². The summed E-state index contributed by atoms with van der Waals surface area (Å²) in [5, 5.41) is 2.22. The molecule has 0 spiro atoms. The Bertz CT molecular complexity index is 698. The lowest BCUT2D eigenvalue weighted by Crippen LogP contribution is -2.37. The molecule has 2 aromatic rings. The summed E-state index contributed by atoms with van der Waals surface area (Å²) in [4.78, 5) is 0. The van der Waals surface area contributed by atoms with Crippen LogP contribution in [-0.2, 0) is 10.0 Å². The highest BCUT2D eigenvalue weighted by Crippen LogP contribution is 2.37. The second-order valence-corrected chi connectivity index (χ2v) is 7.44. The molecule has 1 aromatic heterocycles. The molecule has 19 heavy (non-hydrogen) atoms. The van der Waals surface area contributed by atoms with Gasteiger partial charge in [0.2, 0.25) is 0 Å². The minimum Gasteiger partial charge on any atom is -0.489 e. The van der Waals surface area contributed by atoms with Crippen molar-refractivity contribution in [1.29, 1.82) is 0 Å². The molecule has 1 aromatic carbocycles. The molecule has 0 radical (unpaired) electrons. The summed E-state index contributed by atoms with van der Waals surface area (Å²) >= 11 is 7.14. The maximum absolute atomic E-state index is 12.6. The molecule has 0 fully saturated rings. The fourth-order valence-corrected chi connectivity index (χ4v) is 4.66. The summed E-state index contributed by atoms with van der Waals surface area (Å²) in [6.07, 6.45) is 0. The first kappa shape index (κ1) is 12.8. The number of hydrogen-bond acceptors (Lipinski definition) is 4. The number of halogens is 1. The molecule has 0 atom stereocenters. The van der Waals surface area contributed by atoms with Gasteiger partial charge in [-0.05, 0) is 29.6 Å². The van der Waals surface area contributed by atoms with E-state index in [0.717, 1.165) is 0 Å². The summed E-state index contributed by atoms with van der Waals surface area (Å²) in [6, 6.07) is 8.30. The van der Waals surface area contributed by atoms with Crippen molar-refractivity contribution in [3.05, 3.63) is 40.7 Å². The van der Waals surface area contributed by atoms with Crippen LogP contribution in [0.15, 0.2) is 39.9 Å². The van der Waals surface area contributed by atoms with Gasteiger partial charge in [0.1, 0.15) is 16.6 Å². The second kappa shape index (κ2) is 4.70. The highest BCUT2D eigenvalue weighted by atomic mass is 35.5. The first-order chi connectivity index (χ1) is 9.09. The van der Waals surface area contributed by atoms with Crippen molar-refractivity contribution < 1.29 is 13.2 Å². The van der Waals surface area contributed by atoms with Crippen LogP contribution in [0.4, 0.5) is 5.69 Å². The van der Waals surface area contributed by atoms with Crippen molar-refractivity contribution in [2.45, 2.75) is 4.21 Å². The molecule has 1 aliphatic rings. The third kappa shape index (κ3) is 2.20. The van der Waals surface area contributed by atoms with E-state index in [0.29, 0.717) is 27.3 Å². The Balaban J connectivity index is 2.12. The third-order valence-corrected chi connectivity index (χ3v) is 6.20. The number of anilines is 1. The summed E-state index contributed by atoms with van der Waals surface area (Å²) in [5.41, 5.74) is 0.493. The molecule has 0 amide bonds. The molecule has 0 saturated heterocycles. The van der Waals surface area contributed by atoms with Crippen molar-refractivity contribution in [2.24, 2.45) is 0 Å². The van der Waals surface area contributed by atoms with Crippen LogP contribution in [-0.4, -0.2) is 21.6 Å². The summed E-state index contributed by atoms with van der Waals surface area (Å²) in [6.45, 7) is 0.618. The molecule has 0 unspecified atom stereocenters. The van der Waals surface area contributed by atoms with Crippen molar-refractivity contribution in [1.82, 2.24) is 0 Å². The van der Waals surface area contributed by atoms with Gasteiger partial charge in [0.05, 0.1) is 12.2 Å². The fourth-order valence-electron chi connectivity index (χ4n) is 1.93. The summed E-state index contributed by atoms with van der Waals surface area (Å²) in [7, 11) is -3.54. The minimum absolute atomic E-state index is 0.285. The average Bonchev–Trinajstić information content (AvgIpc) is 2.92. The number of nitrogens with zero attached hydrogens (tertiary/aromatic N) is 1. The largest absolute Gasteiger partial charge is 0.489 e. The number of benzene rings is 1. The van der Waals surface area contributed by atoms with Gasteiger partial charge in [-0.1, -0.05) is 17.7 Å². The van der Waals surface area contributed by atoms with Gasteiger partial charge in [0, 0.05) is 5.02 Å². The smallest absolute Gasteiger partial charge is 0.274 e. The normalized spacial score (nSPS) is 14.9. The molecular formula is C12H10ClNO3S2. The van der Waals surface area contributed by atoms with E-state index in [2.05, 4.69) is 0 Å². The van der Waals surface area contributed by atoms with Crippen molar-refractivity contribution >= 4 is 38.6 Å². The van der Waals surface area contributed by atoms with Crippen LogP contribution in [0.2, 0.25) is 5.02 Å². The first-order valence-corrected chi connectivity index (χ1v) is 8.27. The van der Waals surface area contributed by atoms with Gasteiger partial charge >= 0.3 is 0 Å². The van der Waals surface area contributed by atoms with Gasteiger partial charge in [-0.3, -0.25) is 4.31 Å². The quantitative estimate of drug-likeness (QED) is 0.856. The molecule has 0 N–H and O–H groups in total. The Morgan fingerprint density at radius 3 is 2.89 bits per heavy atom. The van der Waals surface area contributed by atoms with E-state index in [9.17, 15) is 8.42 Å². The Morgan fingerprint density at radius 1 is 1.32 bits per heavy atom. The lowest BCUT2D eigenvalue weighted by atomic mass is 10.2. The SMILES string of the molecule is O=S(=O)(c1cccs1)N1CCOc2ccc(Cl)cc21. The van der Waals surface area contributed by atoms with E-state index in [-0.39, 0.29) is 6.54 Å². The van der Waals surface area contributed by atoms with E-state index in [1.807, 2.05) is 0 Å². The summed E-state index contributed by atoms with van der Waals surface area (Å²) < 4.78 is 32.3. The van der Waals surface area contributed by atoms with Gasteiger partial charge < -0.3 is 4.74 Å². The van der Waals surface area contributed by atoms with Gasteiger partial charge in [-0.15, -0.1) is 11.3 Å². The molecule has 0 bridgehead atoms. The Hall–Kier alpha value is -1.24. The van der Waals surface area contributed by atoms with Gasteiger partial charge in [0.15, 0.2) is 0 Å². The minimum atomic E-state index is -3.54. The zero-order valence-electron chi connectivity index (χ0n) is 9.74. The van der Waals surface area contributed by atoms with Crippen LogP contribution in [0.3, 0.4) is 0 Å². The van der Waals surface area contributed by atoms with Crippen LogP contribution in [0.5, 0.6) is 5.75 Å². The third-order valence-electron chi connectivity index (χ3n) is 2.78. The number of ether oxygens (including phenoxy) is 1. The molecule has 0 saturated carbocycles. The van der Waals surface area contributed by atoms with Crippen LogP contribution >= 0.6 is 22.9 Å². The fraction of sp³-hybridized carbons (Fsp3) is 0.167. The van der Waals surface area contributed by atoms with Crippen LogP contribution in [0.25, 0.3) is 0 Å².